The van der Waals surface area contributed by atoms with Crippen molar-refractivity contribution in [3.63, 3.8) is 0 Å². The van der Waals surface area contributed by atoms with E-state index in [4.69, 9.17) is 5.73 Å². The van der Waals surface area contributed by atoms with Gasteiger partial charge in [-0.25, -0.2) is 13.1 Å². The summed E-state index contributed by atoms with van der Waals surface area (Å²) in [6.45, 7) is 3.51. The topological polar surface area (TPSA) is 72.2 Å². The van der Waals surface area contributed by atoms with Crippen molar-refractivity contribution in [1.82, 2.24) is 4.72 Å². The molecule has 0 bridgehead atoms. The van der Waals surface area contributed by atoms with Crippen LogP contribution in [0.3, 0.4) is 0 Å². The van der Waals surface area contributed by atoms with Crippen LogP contribution in [0.15, 0.2) is 12.7 Å². The maximum atomic E-state index is 11.6. The largest absolute Gasteiger partial charge is 0.328 e. The molecule has 2 atom stereocenters. The van der Waals surface area contributed by atoms with Gasteiger partial charge >= 0.3 is 0 Å². The molecule has 0 amide bonds. The summed E-state index contributed by atoms with van der Waals surface area (Å²) < 4.78 is 25.8. The van der Waals surface area contributed by atoms with Gasteiger partial charge in [0.25, 0.3) is 0 Å². The van der Waals surface area contributed by atoms with Crippen LogP contribution >= 0.6 is 12.4 Å². The van der Waals surface area contributed by atoms with Gasteiger partial charge in [0, 0.05) is 12.1 Å². The first-order valence-corrected chi connectivity index (χ1v) is 7.05. The highest BCUT2D eigenvalue weighted by molar-refractivity contribution is 7.89. The lowest BCUT2D eigenvalue weighted by Crippen LogP contribution is -2.42. The number of nitrogens with two attached hydrogens (primary N) is 1. The molecule has 1 saturated carbocycles. The summed E-state index contributed by atoms with van der Waals surface area (Å²) in [5, 5.41) is 0. The molecule has 4 nitrogen and oxygen atoms in total. The Hall–Kier alpha value is -0.100. The fraction of sp³-hybridized carbons (Fsp3) is 0.800. The van der Waals surface area contributed by atoms with Crippen molar-refractivity contribution in [1.29, 1.82) is 0 Å². The van der Waals surface area contributed by atoms with Gasteiger partial charge in [-0.05, 0) is 25.7 Å². The van der Waals surface area contributed by atoms with Gasteiger partial charge in [0.1, 0.15) is 0 Å². The van der Waals surface area contributed by atoms with Crippen LogP contribution in [0.5, 0.6) is 0 Å². The van der Waals surface area contributed by atoms with Crippen molar-refractivity contribution < 1.29 is 8.42 Å². The highest BCUT2D eigenvalue weighted by Gasteiger charge is 2.23. The minimum Gasteiger partial charge on any atom is -0.328 e. The first-order chi connectivity index (χ1) is 7.03. The standard InChI is InChI=1S/C10H20N2O2S.ClH/c1-2-3-7-15(13,14)12-10-6-4-5-9(11)8-10;/h2,9-10,12H,1,3-8,11H2;1H. The first-order valence-electron chi connectivity index (χ1n) is 5.40. The zero-order valence-corrected chi connectivity index (χ0v) is 11.0. The summed E-state index contributed by atoms with van der Waals surface area (Å²) in [5.74, 6) is 0.127. The second-order valence-corrected chi connectivity index (χ2v) is 6.01. The number of allylic oxidation sites excluding steroid dienone is 1. The van der Waals surface area contributed by atoms with Crippen molar-refractivity contribution >= 4 is 22.4 Å². The van der Waals surface area contributed by atoms with Gasteiger partial charge in [-0.2, -0.15) is 0 Å². The van der Waals surface area contributed by atoms with Crippen molar-refractivity contribution in [3.05, 3.63) is 12.7 Å². The normalized spacial score (nSPS) is 25.8. The molecule has 0 heterocycles. The molecule has 1 fully saturated rings. The molecule has 0 spiro atoms. The van der Waals surface area contributed by atoms with Gasteiger partial charge in [-0.1, -0.05) is 12.5 Å². The minimum absolute atomic E-state index is 0. The van der Waals surface area contributed by atoms with Crippen LogP contribution in [0.2, 0.25) is 0 Å². The smallest absolute Gasteiger partial charge is 0.212 e. The van der Waals surface area contributed by atoms with Crippen LogP contribution in [0.4, 0.5) is 0 Å². The Kier molecular flexibility index (Phi) is 7.22. The predicted molar refractivity (Wildman–Crippen MR) is 69.2 cm³/mol. The SMILES string of the molecule is C=CCCS(=O)(=O)NC1CCCC(N)C1.Cl. The van der Waals surface area contributed by atoms with Gasteiger partial charge in [0.05, 0.1) is 5.75 Å². The molecule has 0 aromatic heterocycles. The lowest BCUT2D eigenvalue weighted by Gasteiger charge is -2.27. The molecule has 0 aromatic rings. The molecule has 1 aliphatic rings. The Labute approximate surface area is 104 Å². The molecular weight excluding hydrogens is 248 g/mol. The maximum Gasteiger partial charge on any atom is 0.212 e. The zero-order valence-electron chi connectivity index (χ0n) is 9.39. The number of hydrogen-bond acceptors (Lipinski definition) is 3. The average Bonchev–Trinajstić information content (AvgIpc) is 2.14. The Bertz CT molecular complexity index is 306. The molecule has 2 unspecified atom stereocenters. The van der Waals surface area contributed by atoms with Gasteiger partial charge < -0.3 is 5.73 Å². The number of sulfonamides is 1. The lowest BCUT2D eigenvalue weighted by molar-refractivity contribution is 0.371. The van der Waals surface area contributed by atoms with Crippen LogP contribution in [-0.2, 0) is 10.0 Å². The van der Waals surface area contributed by atoms with Crippen LogP contribution in [0.1, 0.15) is 32.1 Å². The third kappa shape index (κ3) is 5.84. The van der Waals surface area contributed by atoms with Crippen molar-refractivity contribution in [3.8, 4) is 0 Å². The van der Waals surface area contributed by atoms with Crippen molar-refractivity contribution in [2.75, 3.05) is 5.75 Å². The van der Waals surface area contributed by atoms with Gasteiger partial charge in [-0.15, -0.1) is 19.0 Å². The highest BCUT2D eigenvalue weighted by atomic mass is 35.5. The summed E-state index contributed by atoms with van der Waals surface area (Å²) >= 11 is 0. The van der Waals surface area contributed by atoms with Gasteiger partial charge in [0.15, 0.2) is 0 Å². The highest BCUT2D eigenvalue weighted by Crippen LogP contribution is 2.17. The Balaban J connectivity index is 0.00000225. The molecule has 3 N–H and O–H groups in total. The lowest BCUT2D eigenvalue weighted by atomic mass is 9.92. The van der Waals surface area contributed by atoms with E-state index < -0.39 is 10.0 Å². The minimum atomic E-state index is -3.14. The van der Waals surface area contributed by atoms with E-state index in [9.17, 15) is 8.42 Å². The van der Waals surface area contributed by atoms with E-state index in [-0.39, 0.29) is 30.2 Å². The predicted octanol–water partition coefficient (Wildman–Crippen LogP) is 1.17. The molecule has 0 aliphatic heterocycles. The molecule has 6 heteroatoms. The van der Waals surface area contributed by atoms with Crippen LogP contribution in [-0.4, -0.2) is 26.3 Å². The second-order valence-electron chi connectivity index (χ2n) is 4.14. The monoisotopic (exact) mass is 268 g/mol. The number of hydrogen-bond donors (Lipinski definition) is 2. The summed E-state index contributed by atoms with van der Waals surface area (Å²) in [5.41, 5.74) is 5.79. The molecule has 16 heavy (non-hydrogen) atoms. The van der Waals surface area contributed by atoms with Crippen LogP contribution in [0, 0.1) is 0 Å². The van der Waals surface area contributed by atoms with Crippen molar-refractivity contribution in [2.24, 2.45) is 5.73 Å². The van der Waals surface area contributed by atoms with E-state index >= 15 is 0 Å². The molecular formula is C10H21ClN2O2S. The summed E-state index contributed by atoms with van der Waals surface area (Å²) in [6, 6.07) is 0.175. The zero-order chi connectivity index (χ0) is 11.3. The fourth-order valence-corrected chi connectivity index (χ4v) is 3.20. The summed E-state index contributed by atoms with van der Waals surface area (Å²) in [6.07, 6.45) is 5.79. The fourth-order valence-electron chi connectivity index (χ4n) is 1.89. The molecule has 1 aliphatic carbocycles. The Morgan fingerprint density at radius 1 is 1.44 bits per heavy atom. The van der Waals surface area contributed by atoms with Crippen LogP contribution in [0.25, 0.3) is 0 Å². The Morgan fingerprint density at radius 2 is 2.12 bits per heavy atom. The van der Waals surface area contributed by atoms with E-state index in [1.165, 1.54) is 0 Å². The van der Waals surface area contributed by atoms with E-state index in [1.54, 1.807) is 6.08 Å². The van der Waals surface area contributed by atoms with E-state index in [2.05, 4.69) is 11.3 Å². The van der Waals surface area contributed by atoms with Crippen molar-refractivity contribution in [2.45, 2.75) is 44.2 Å². The molecule has 0 aromatic carbocycles. The third-order valence-corrected chi connectivity index (χ3v) is 4.12. The summed E-state index contributed by atoms with van der Waals surface area (Å²) in [7, 11) is -3.14. The van der Waals surface area contributed by atoms with E-state index in [0.29, 0.717) is 6.42 Å². The van der Waals surface area contributed by atoms with Crippen LogP contribution < -0.4 is 10.5 Å². The van der Waals surface area contributed by atoms with Gasteiger partial charge in [-0.3, -0.25) is 0 Å². The molecule has 0 radical (unpaired) electrons. The quantitative estimate of drug-likeness (QED) is 0.736. The second kappa shape index (κ2) is 7.27. The number of halogens is 1. The third-order valence-electron chi connectivity index (χ3n) is 2.65. The van der Waals surface area contributed by atoms with Gasteiger partial charge in [0.2, 0.25) is 10.0 Å². The summed E-state index contributed by atoms with van der Waals surface area (Å²) in [4.78, 5) is 0. The number of rotatable bonds is 5. The maximum absolute atomic E-state index is 11.6. The Morgan fingerprint density at radius 3 is 2.69 bits per heavy atom. The first kappa shape index (κ1) is 15.9. The average molecular weight is 269 g/mol. The molecule has 0 saturated heterocycles. The molecule has 1 rings (SSSR count). The van der Waals surface area contributed by atoms with E-state index in [1.807, 2.05) is 0 Å². The number of nitrogens with one attached hydrogen (secondary N) is 1. The molecule has 96 valence electrons. The van der Waals surface area contributed by atoms with E-state index in [0.717, 1.165) is 25.7 Å².